The maximum absolute atomic E-state index is 12.9. The summed E-state index contributed by atoms with van der Waals surface area (Å²) in [4.78, 5) is 27.4. The Kier molecular flexibility index (Phi) is 4.51. The third kappa shape index (κ3) is 3.25. The standard InChI is InChI=1S/C19H20N2O3/c1-14-11-15-7-5-6-10-17(15)21(14)18(22)12-20(13-19(23)24)16-8-3-2-4-9-16/h2-10,14H,11-13H2,1H3,(H,23,24). The fourth-order valence-corrected chi connectivity index (χ4v) is 3.23. The molecule has 0 spiro atoms. The van der Waals surface area contributed by atoms with E-state index < -0.39 is 5.97 Å². The predicted molar refractivity (Wildman–Crippen MR) is 93.4 cm³/mol. The third-order valence-corrected chi connectivity index (χ3v) is 4.25. The first-order valence-corrected chi connectivity index (χ1v) is 7.98. The average Bonchev–Trinajstić information content (AvgIpc) is 2.90. The van der Waals surface area contributed by atoms with Gasteiger partial charge in [0.2, 0.25) is 5.91 Å². The molecule has 2 aromatic rings. The van der Waals surface area contributed by atoms with E-state index in [9.17, 15) is 9.59 Å². The number of fused-ring (bicyclic) bond motifs is 1. The Morgan fingerprint density at radius 1 is 1.08 bits per heavy atom. The molecule has 1 amide bonds. The van der Waals surface area contributed by atoms with Crippen LogP contribution in [0.15, 0.2) is 54.6 Å². The minimum absolute atomic E-state index is 0.0367. The fourth-order valence-electron chi connectivity index (χ4n) is 3.23. The number of nitrogens with zero attached hydrogens (tertiary/aromatic N) is 2. The lowest BCUT2D eigenvalue weighted by atomic mass is 10.1. The van der Waals surface area contributed by atoms with Gasteiger partial charge in [-0.05, 0) is 37.1 Å². The fraction of sp³-hybridized carbons (Fsp3) is 0.263. The molecule has 24 heavy (non-hydrogen) atoms. The molecule has 0 aliphatic carbocycles. The largest absolute Gasteiger partial charge is 0.480 e. The minimum atomic E-state index is -0.957. The molecule has 0 saturated carbocycles. The van der Waals surface area contributed by atoms with Gasteiger partial charge in [-0.25, -0.2) is 0 Å². The number of aliphatic carboxylic acids is 1. The average molecular weight is 324 g/mol. The molecule has 0 radical (unpaired) electrons. The van der Waals surface area contributed by atoms with Gasteiger partial charge in [0.25, 0.3) is 0 Å². The lowest BCUT2D eigenvalue weighted by Crippen LogP contribution is -2.44. The number of carbonyl (C=O) groups excluding carboxylic acids is 1. The van der Waals surface area contributed by atoms with Crippen LogP contribution in [0.3, 0.4) is 0 Å². The summed E-state index contributed by atoms with van der Waals surface area (Å²) in [5.74, 6) is -1.04. The van der Waals surface area contributed by atoms with Gasteiger partial charge in [-0.2, -0.15) is 0 Å². The number of hydrogen-bond acceptors (Lipinski definition) is 3. The van der Waals surface area contributed by atoms with E-state index in [2.05, 4.69) is 0 Å². The van der Waals surface area contributed by atoms with Gasteiger partial charge in [0.05, 0.1) is 6.54 Å². The zero-order chi connectivity index (χ0) is 17.1. The van der Waals surface area contributed by atoms with E-state index in [0.29, 0.717) is 0 Å². The van der Waals surface area contributed by atoms with Gasteiger partial charge < -0.3 is 14.9 Å². The van der Waals surface area contributed by atoms with Crippen molar-refractivity contribution in [1.82, 2.24) is 0 Å². The molecule has 0 fully saturated rings. The van der Waals surface area contributed by atoms with Crippen LogP contribution < -0.4 is 9.80 Å². The number of benzene rings is 2. The second-order valence-corrected chi connectivity index (χ2v) is 6.03. The molecule has 5 heteroatoms. The van der Waals surface area contributed by atoms with E-state index in [0.717, 1.165) is 23.4 Å². The number of amides is 1. The maximum Gasteiger partial charge on any atom is 0.323 e. The molecule has 3 rings (SSSR count). The van der Waals surface area contributed by atoms with Crippen LogP contribution >= 0.6 is 0 Å². The number of rotatable bonds is 5. The molecule has 1 atom stereocenters. The van der Waals surface area contributed by atoms with Gasteiger partial charge in [-0.1, -0.05) is 36.4 Å². The van der Waals surface area contributed by atoms with Crippen LogP contribution in [-0.4, -0.2) is 36.1 Å². The quantitative estimate of drug-likeness (QED) is 0.918. The summed E-state index contributed by atoms with van der Waals surface area (Å²) in [5.41, 5.74) is 2.81. The molecule has 0 bridgehead atoms. The zero-order valence-electron chi connectivity index (χ0n) is 13.6. The first-order chi connectivity index (χ1) is 11.6. The predicted octanol–water partition coefficient (Wildman–Crippen LogP) is 2.56. The van der Waals surface area contributed by atoms with Crippen molar-refractivity contribution in [2.24, 2.45) is 0 Å². The molecule has 0 saturated heterocycles. The summed E-state index contributed by atoms with van der Waals surface area (Å²) in [5, 5.41) is 9.17. The van der Waals surface area contributed by atoms with Gasteiger partial charge in [-0.3, -0.25) is 9.59 Å². The van der Waals surface area contributed by atoms with Crippen molar-refractivity contribution in [3.63, 3.8) is 0 Å². The Balaban J connectivity index is 1.82. The molecule has 124 valence electrons. The van der Waals surface area contributed by atoms with Crippen LogP contribution in [0.2, 0.25) is 0 Å². The molecule has 1 heterocycles. The van der Waals surface area contributed by atoms with Gasteiger partial charge in [0, 0.05) is 17.4 Å². The second kappa shape index (κ2) is 6.74. The van der Waals surface area contributed by atoms with Crippen LogP contribution in [0, 0.1) is 0 Å². The summed E-state index contributed by atoms with van der Waals surface area (Å²) in [6.07, 6.45) is 0.826. The highest BCUT2D eigenvalue weighted by molar-refractivity contribution is 5.99. The minimum Gasteiger partial charge on any atom is -0.480 e. The maximum atomic E-state index is 12.9. The first kappa shape index (κ1) is 16.1. The van der Waals surface area contributed by atoms with Crippen molar-refractivity contribution < 1.29 is 14.7 Å². The van der Waals surface area contributed by atoms with Gasteiger partial charge in [0.15, 0.2) is 0 Å². The molecular weight excluding hydrogens is 304 g/mol. The lowest BCUT2D eigenvalue weighted by molar-refractivity contribution is -0.135. The zero-order valence-corrected chi connectivity index (χ0v) is 13.6. The van der Waals surface area contributed by atoms with Crippen LogP contribution in [0.25, 0.3) is 0 Å². The van der Waals surface area contributed by atoms with E-state index in [1.807, 2.05) is 61.5 Å². The summed E-state index contributed by atoms with van der Waals surface area (Å²) in [6.45, 7) is 1.84. The summed E-state index contributed by atoms with van der Waals surface area (Å²) in [7, 11) is 0. The molecule has 1 aliphatic heterocycles. The highest BCUT2D eigenvalue weighted by atomic mass is 16.4. The van der Waals surface area contributed by atoms with Gasteiger partial charge in [-0.15, -0.1) is 0 Å². The molecule has 0 aromatic heterocycles. The first-order valence-electron chi connectivity index (χ1n) is 7.98. The van der Waals surface area contributed by atoms with Gasteiger partial charge >= 0.3 is 5.97 Å². The molecule has 2 aromatic carbocycles. The van der Waals surface area contributed by atoms with E-state index >= 15 is 0 Å². The molecular formula is C19H20N2O3. The lowest BCUT2D eigenvalue weighted by Gasteiger charge is -2.28. The van der Waals surface area contributed by atoms with E-state index in [-0.39, 0.29) is 25.0 Å². The van der Waals surface area contributed by atoms with Crippen molar-refractivity contribution >= 4 is 23.3 Å². The molecule has 1 N–H and O–H groups in total. The third-order valence-electron chi connectivity index (χ3n) is 4.25. The highest BCUT2D eigenvalue weighted by Crippen LogP contribution is 2.32. The molecule has 1 aliphatic rings. The van der Waals surface area contributed by atoms with Crippen LogP contribution in [0.1, 0.15) is 12.5 Å². The van der Waals surface area contributed by atoms with Crippen molar-refractivity contribution in [3.05, 3.63) is 60.2 Å². The number of carboxylic acid groups (broad SMARTS) is 1. The van der Waals surface area contributed by atoms with Crippen LogP contribution in [-0.2, 0) is 16.0 Å². The van der Waals surface area contributed by atoms with Crippen molar-refractivity contribution in [3.8, 4) is 0 Å². The van der Waals surface area contributed by atoms with Crippen molar-refractivity contribution in [1.29, 1.82) is 0 Å². The summed E-state index contributed by atoms with van der Waals surface area (Å²) < 4.78 is 0. The number of hydrogen-bond donors (Lipinski definition) is 1. The number of carbonyl (C=O) groups is 2. The Bertz CT molecular complexity index is 745. The summed E-state index contributed by atoms with van der Waals surface area (Å²) >= 11 is 0. The normalized spacial score (nSPS) is 15.9. The van der Waals surface area contributed by atoms with Crippen molar-refractivity contribution in [2.45, 2.75) is 19.4 Å². The second-order valence-electron chi connectivity index (χ2n) is 6.03. The Morgan fingerprint density at radius 2 is 1.75 bits per heavy atom. The Hall–Kier alpha value is -2.82. The van der Waals surface area contributed by atoms with Crippen LogP contribution in [0.5, 0.6) is 0 Å². The van der Waals surface area contributed by atoms with Gasteiger partial charge in [0.1, 0.15) is 6.54 Å². The Labute approximate surface area is 141 Å². The van der Waals surface area contributed by atoms with Crippen molar-refractivity contribution in [2.75, 3.05) is 22.9 Å². The number of carboxylic acids is 1. The monoisotopic (exact) mass is 324 g/mol. The number of anilines is 2. The SMILES string of the molecule is CC1Cc2ccccc2N1C(=O)CN(CC(=O)O)c1ccccc1. The topological polar surface area (TPSA) is 60.9 Å². The van der Waals surface area contributed by atoms with E-state index in [1.165, 1.54) is 0 Å². The van der Waals surface area contributed by atoms with Crippen LogP contribution in [0.4, 0.5) is 11.4 Å². The number of para-hydroxylation sites is 2. The van der Waals surface area contributed by atoms with E-state index in [1.54, 1.807) is 9.80 Å². The highest BCUT2D eigenvalue weighted by Gasteiger charge is 2.31. The molecule has 1 unspecified atom stereocenters. The molecule has 5 nitrogen and oxygen atoms in total. The smallest absolute Gasteiger partial charge is 0.323 e. The Morgan fingerprint density at radius 3 is 2.46 bits per heavy atom. The summed E-state index contributed by atoms with van der Waals surface area (Å²) in [6, 6.07) is 17.1. The van der Waals surface area contributed by atoms with E-state index in [4.69, 9.17) is 5.11 Å².